The Balaban J connectivity index is 2.05. The molecule has 90 valence electrons. The van der Waals surface area contributed by atoms with Crippen LogP contribution in [0, 0.1) is 5.92 Å². The topological polar surface area (TPSA) is 68.2 Å². The maximum atomic E-state index is 5.69. The minimum Gasteiger partial charge on any atom is -0.406 e. The van der Waals surface area contributed by atoms with Gasteiger partial charge in [0.2, 0.25) is 5.89 Å². The third-order valence-electron chi connectivity index (χ3n) is 3.11. The van der Waals surface area contributed by atoms with Crippen molar-refractivity contribution in [3.63, 3.8) is 0 Å². The molecule has 0 aromatic carbocycles. The summed E-state index contributed by atoms with van der Waals surface area (Å²) in [5, 5.41) is 8.01. The van der Waals surface area contributed by atoms with E-state index in [9.17, 15) is 0 Å². The number of nitrogens with two attached hydrogens (primary N) is 1. The second kappa shape index (κ2) is 4.82. The fourth-order valence-electron chi connectivity index (χ4n) is 1.99. The molecule has 2 N–H and O–H groups in total. The molecule has 2 unspecified atom stereocenters. The molecule has 1 aromatic heterocycles. The Kier molecular flexibility index (Phi) is 3.43. The van der Waals surface area contributed by atoms with Gasteiger partial charge in [0.25, 0.3) is 0 Å². The highest BCUT2D eigenvalue weighted by Gasteiger charge is 2.19. The summed E-state index contributed by atoms with van der Waals surface area (Å²) in [7, 11) is 0. The summed E-state index contributed by atoms with van der Waals surface area (Å²) in [6.07, 6.45) is 3.66. The molecule has 2 heterocycles. The van der Waals surface area contributed by atoms with Gasteiger partial charge in [-0.05, 0) is 32.1 Å². The largest absolute Gasteiger partial charge is 0.406 e. The summed E-state index contributed by atoms with van der Waals surface area (Å²) in [5.41, 5.74) is 5.69. The van der Waals surface area contributed by atoms with E-state index in [1.807, 2.05) is 6.92 Å². The fourth-order valence-corrected chi connectivity index (χ4v) is 1.99. The van der Waals surface area contributed by atoms with Crippen molar-refractivity contribution < 1.29 is 4.42 Å². The van der Waals surface area contributed by atoms with Crippen LogP contribution in [-0.4, -0.2) is 23.3 Å². The molecule has 0 radical (unpaired) electrons. The van der Waals surface area contributed by atoms with Gasteiger partial charge in [-0.15, -0.1) is 5.10 Å². The van der Waals surface area contributed by atoms with Gasteiger partial charge in [-0.3, -0.25) is 0 Å². The summed E-state index contributed by atoms with van der Waals surface area (Å²) in [4.78, 5) is 2.17. The van der Waals surface area contributed by atoms with Crippen LogP contribution < -0.4 is 10.6 Å². The van der Waals surface area contributed by atoms with E-state index in [2.05, 4.69) is 22.0 Å². The maximum Gasteiger partial charge on any atom is 0.318 e. The van der Waals surface area contributed by atoms with Crippen molar-refractivity contribution >= 4 is 6.01 Å². The van der Waals surface area contributed by atoms with Crippen LogP contribution in [0.15, 0.2) is 4.42 Å². The molecule has 5 heteroatoms. The third-order valence-corrected chi connectivity index (χ3v) is 3.11. The molecule has 5 nitrogen and oxygen atoms in total. The van der Waals surface area contributed by atoms with Crippen LogP contribution in [0.2, 0.25) is 0 Å². The van der Waals surface area contributed by atoms with Gasteiger partial charge in [-0.1, -0.05) is 12.0 Å². The Morgan fingerprint density at radius 2 is 2.19 bits per heavy atom. The minimum atomic E-state index is -0.188. The fraction of sp³-hybridized carbons (Fsp3) is 0.818. The lowest BCUT2D eigenvalue weighted by atomic mass is 10.0. The van der Waals surface area contributed by atoms with Gasteiger partial charge in [0, 0.05) is 13.1 Å². The summed E-state index contributed by atoms with van der Waals surface area (Å²) in [5.74, 6) is 1.31. The maximum absolute atomic E-state index is 5.69. The quantitative estimate of drug-likeness (QED) is 0.828. The van der Waals surface area contributed by atoms with Crippen molar-refractivity contribution in [1.29, 1.82) is 0 Å². The first-order valence-corrected chi connectivity index (χ1v) is 6.00. The van der Waals surface area contributed by atoms with E-state index in [0.29, 0.717) is 11.9 Å². The SMILES string of the molecule is CC1CCCN(c2nnc(C(C)N)o2)CC1. The lowest BCUT2D eigenvalue weighted by molar-refractivity contribution is 0.455. The summed E-state index contributed by atoms with van der Waals surface area (Å²) < 4.78 is 5.55. The molecule has 0 saturated carbocycles. The molecule has 2 rings (SSSR count). The van der Waals surface area contributed by atoms with E-state index in [1.54, 1.807) is 0 Å². The van der Waals surface area contributed by atoms with E-state index in [0.717, 1.165) is 19.0 Å². The zero-order valence-electron chi connectivity index (χ0n) is 10.0. The van der Waals surface area contributed by atoms with E-state index in [-0.39, 0.29) is 6.04 Å². The van der Waals surface area contributed by atoms with Gasteiger partial charge < -0.3 is 15.1 Å². The van der Waals surface area contributed by atoms with Crippen molar-refractivity contribution in [3.05, 3.63) is 5.89 Å². The van der Waals surface area contributed by atoms with Crippen LogP contribution in [0.3, 0.4) is 0 Å². The van der Waals surface area contributed by atoms with Gasteiger partial charge in [0.1, 0.15) is 0 Å². The van der Waals surface area contributed by atoms with Crippen molar-refractivity contribution in [3.8, 4) is 0 Å². The first kappa shape index (κ1) is 11.4. The van der Waals surface area contributed by atoms with Gasteiger partial charge >= 0.3 is 6.01 Å². The molecule has 1 saturated heterocycles. The van der Waals surface area contributed by atoms with Crippen LogP contribution in [0.4, 0.5) is 6.01 Å². The predicted molar refractivity (Wildman–Crippen MR) is 62.1 cm³/mol. The van der Waals surface area contributed by atoms with Gasteiger partial charge in [-0.25, -0.2) is 0 Å². The van der Waals surface area contributed by atoms with Crippen LogP contribution >= 0.6 is 0 Å². The molecule has 1 aliphatic heterocycles. The second-order valence-electron chi connectivity index (χ2n) is 4.73. The van der Waals surface area contributed by atoms with Crippen LogP contribution in [0.1, 0.15) is 45.0 Å². The summed E-state index contributed by atoms with van der Waals surface area (Å²) in [6, 6.07) is 0.438. The highest BCUT2D eigenvalue weighted by Crippen LogP contribution is 2.22. The average molecular weight is 224 g/mol. The normalized spacial score (nSPS) is 24.2. The van der Waals surface area contributed by atoms with Crippen LogP contribution in [0.5, 0.6) is 0 Å². The van der Waals surface area contributed by atoms with E-state index in [4.69, 9.17) is 10.2 Å². The molecule has 16 heavy (non-hydrogen) atoms. The van der Waals surface area contributed by atoms with E-state index >= 15 is 0 Å². The van der Waals surface area contributed by atoms with E-state index in [1.165, 1.54) is 19.3 Å². The number of rotatable bonds is 2. The highest BCUT2D eigenvalue weighted by atomic mass is 16.4. The number of nitrogens with zero attached hydrogens (tertiary/aromatic N) is 3. The minimum absolute atomic E-state index is 0.188. The van der Waals surface area contributed by atoms with Crippen molar-refractivity contribution in [2.75, 3.05) is 18.0 Å². The molecule has 1 aliphatic rings. The average Bonchev–Trinajstić information content (AvgIpc) is 2.63. The van der Waals surface area contributed by atoms with Gasteiger partial charge in [0.05, 0.1) is 6.04 Å². The number of anilines is 1. The molecule has 0 aliphatic carbocycles. The first-order valence-electron chi connectivity index (χ1n) is 6.00. The van der Waals surface area contributed by atoms with Crippen LogP contribution in [0.25, 0.3) is 0 Å². The van der Waals surface area contributed by atoms with Gasteiger partial charge in [0.15, 0.2) is 0 Å². The number of hydrogen-bond donors (Lipinski definition) is 1. The zero-order chi connectivity index (χ0) is 11.5. The van der Waals surface area contributed by atoms with Crippen molar-refractivity contribution in [2.45, 2.75) is 39.2 Å². The Bertz CT molecular complexity index is 336. The molecule has 0 amide bonds. The lowest BCUT2D eigenvalue weighted by Gasteiger charge is -2.16. The molecule has 0 bridgehead atoms. The standard InChI is InChI=1S/C11H20N4O/c1-8-4-3-6-15(7-5-8)11-14-13-10(16-11)9(2)12/h8-9H,3-7,12H2,1-2H3. The molecule has 0 spiro atoms. The summed E-state index contributed by atoms with van der Waals surface area (Å²) >= 11 is 0. The monoisotopic (exact) mass is 224 g/mol. The third kappa shape index (κ3) is 2.52. The molecule has 1 fully saturated rings. The zero-order valence-corrected chi connectivity index (χ0v) is 10.0. The van der Waals surface area contributed by atoms with Crippen molar-refractivity contribution in [2.24, 2.45) is 11.7 Å². The Labute approximate surface area is 96.0 Å². The molecular formula is C11H20N4O. The van der Waals surface area contributed by atoms with Crippen molar-refractivity contribution in [1.82, 2.24) is 10.2 Å². The molecule has 1 aromatic rings. The highest BCUT2D eigenvalue weighted by molar-refractivity contribution is 5.24. The van der Waals surface area contributed by atoms with E-state index < -0.39 is 0 Å². The second-order valence-corrected chi connectivity index (χ2v) is 4.73. The molecule has 2 atom stereocenters. The lowest BCUT2D eigenvalue weighted by Crippen LogP contribution is -2.24. The Morgan fingerprint density at radius 1 is 1.38 bits per heavy atom. The number of hydrogen-bond acceptors (Lipinski definition) is 5. The first-order chi connectivity index (χ1) is 7.66. The van der Waals surface area contributed by atoms with Gasteiger partial charge in [-0.2, -0.15) is 0 Å². The Hall–Kier alpha value is -1.10. The smallest absolute Gasteiger partial charge is 0.318 e. The summed E-state index contributed by atoms with van der Waals surface area (Å²) in [6.45, 7) is 6.15. The predicted octanol–water partition coefficient (Wildman–Crippen LogP) is 1.72. The Morgan fingerprint density at radius 3 is 2.88 bits per heavy atom. The number of aromatic nitrogens is 2. The van der Waals surface area contributed by atoms with Crippen LogP contribution in [-0.2, 0) is 0 Å². The molecular weight excluding hydrogens is 204 g/mol.